The van der Waals surface area contributed by atoms with Crippen LogP contribution in [0, 0.1) is 11.8 Å². The smallest absolute Gasteiger partial charge is 0.218 e. The summed E-state index contributed by atoms with van der Waals surface area (Å²) in [5.41, 5.74) is 0. The van der Waals surface area contributed by atoms with Crippen molar-refractivity contribution in [2.45, 2.75) is 33.6 Å². The van der Waals surface area contributed by atoms with E-state index < -0.39 is 0 Å². The molecule has 0 amide bonds. The molecule has 2 aromatic rings. The first-order valence-corrected chi connectivity index (χ1v) is 6.27. The van der Waals surface area contributed by atoms with Gasteiger partial charge in [-0.15, -0.1) is 5.10 Å². The topological polar surface area (TPSA) is 72.3 Å². The van der Waals surface area contributed by atoms with E-state index in [9.17, 15) is 0 Å². The Bertz CT molecular complexity index is 489. The van der Waals surface area contributed by atoms with Crippen LogP contribution in [0.25, 0.3) is 11.6 Å². The zero-order valence-corrected chi connectivity index (χ0v) is 11.5. The summed E-state index contributed by atoms with van der Waals surface area (Å²) in [7, 11) is 1.93. The molecular weight excluding hydrogens is 228 g/mol. The Balaban J connectivity index is 2.40. The summed E-state index contributed by atoms with van der Waals surface area (Å²) in [6, 6.07) is 0. The van der Waals surface area contributed by atoms with Gasteiger partial charge in [0.1, 0.15) is 12.2 Å². The van der Waals surface area contributed by atoms with Crippen molar-refractivity contribution in [1.82, 2.24) is 29.9 Å². The molecule has 1 N–H and O–H groups in total. The minimum Gasteiger partial charge on any atom is -0.257 e. The summed E-state index contributed by atoms with van der Waals surface area (Å²) in [4.78, 5) is 8.70. The van der Waals surface area contributed by atoms with Gasteiger partial charge in [-0.3, -0.25) is 9.78 Å². The van der Waals surface area contributed by atoms with Gasteiger partial charge in [-0.05, 0) is 11.8 Å². The molecule has 0 saturated heterocycles. The molecule has 2 rings (SSSR count). The average molecular weight is 248 g/mol. The molecule has 6 nitrogen and oxygen atoms in total. The molecule has 0 fully saturated rings. The molecule has 2 aromatic heterocycles. The molecule has 98 valence electrons. The Morgan fingerprint density at radius 1 is 1.17 bits per heavy atom. The number of nitrogens with zero attached hydrogens (tertiary/aromatic N) is 5. The van der Waals surface area contributed by atoms with Crippen LogP contribution < -0.4 is 0 Å². The van der Waals surface area contributed by atoms with Crippen molar-refractivity contribution in [3.63, 3.8) is 0 Å². The average Bonchev–Trinajstić information content (AvgIpc) is 2.87. The lowest BCUT2D eigenvalue weighted by Gasteiger charge is -2.23. The molecule has 0 spiro atoms. The van der Waals surface area contributed by atoms with Crippen LogP contribution in [0.4, 0.5) is 0 Å². The number of nitrogens with one attached hydrogen (secondary N) is 1. The number of aryl methyl sites for hydroxylation is 1. The standard InChI is InChI=1S/C12H20N6/c1-7(2)9(8(3)4)12-15-11(17-18(12)5)10-13-6-14-16-10/h6-9H,1-5H3,(H,13,14,16). The quantitative estimate of drug-likeness (QED) is 0.898. The Morgan fingerprint density at radius 3 is 2.33 bits per heavy atom. The number of hydrogen-bond donors (Lipinski definition) is 1. The maximum atomic E-state index is 4.61. The van der Waals surface area contributed by atoms with Gasteiger partial charge in [0.25, 0.3) is 0 Å². The maximum Gasteiger partial charge on any atom is 0.218 e. The minimum absolute atomic E-state index is 0.388. The van der Waals surface area contributed by atoms with Crippen molar-refractivity contribution in [2.75, 3.05) is 0 Å². The summed E-state index contributed by atoms with van der Waals surface area (Å²) in [6.07, 6.45) is 1.47. The van der Waals surface area contributed by atoms with Crippen LogP contribution in [0.3, 0.4) is 0 Å². The van der Waals surface area contributed by atoms with E-state index in [0.717, 1.165) is 5.82 Å². The van der Waals surface area contributed by atoms with Crippen LogP contribution in [-0.4, -0.2) is 29.9 Å². The third kappa shape index (κ3) is 2.27. The van der Waals surface area contributed by atoms with E-state index >= 15 is 0 Å². The first kappa shape index (κ1) is 12.7. The molecule has 0 aliphatic carbocycles. The van der Waals surface area contributed by atoms with Crippen LogP contribution >= 0.6 is 0 Å². The zero-order chi connectivity index (χ0) is 13.3. The largest absolute Gasteiger partial charge is 0.257 e. The molecule has 0 bridgehead atoms. The lowest BCUT2D eigenvalue weighted by Crippen LogP contribution is -2.18. The number of rotatable bonds is 4. The van der Waals surface area contributed by atoms with E-state index in [-0.39, 0.29) is 0 Å². The lowest BCUT2D eigenvalue weighted by molar-refractivity contribution is 0.360. The van der Waals surface area contributed by atoms with Crippen LogP contribution in [0.2, 0.25) is 0 Å². The third-order valence-corrected chi connectivity index (χ3v) is 3.16. The van der Waals surface area contributed by atoms with Crippen LogP contribution in [0.5, 0.6) is 0 Å². The highest BCUT2D eigenvalue weighted by molar-refractivity contribution is 5.40. The molecule has 0 radical (unpaired) electrons. The molecule has 0 unspecified atom stereocenters. The Hall–Kier alpha value is -1.72. The molecule has 0 aromatic carbocycles. The summed E-state index contributed by atoms with van der Waals surface area (Å²) < 4.78 is 1.85. The van der Waals surface area contributed by atoms with Gasteiger partial charge in [0, 0.05) is 13.0 Å². The molecule has 2 heterocycles. The Morgan fingerprint density at radius 2 is 1.83 bits per heavy atom. The monoisotopic (exact) mass is 248 g/mol. The summed E-state index contributed by atoms with van der Waals surface area (Å²) >= 11 is 0. The highest BCUT2D eigenvalue weighted by atomic mass is 15.4. The van der Waals surface area contributed by atoms with Crippen LogP contribution in [-0.2, 0) is 7.05 Å². The Kier molecular flexibility index (Phi) is 3.45. The van der Waals surface area contributed by atoms with E-state index in [0.29, 0.717) is 29.4 Å². The van der Waals surface area contributed by atoms with E-state index in [2.05, 4.69) is 53.0 Å². The number of aromatic amines is 1. The van der Waals surface area contributed by atoms with E-state index in [1.54, 1.807) is 0 Å². The van der Waals surface area contributed by atoms with Crippen LogP contribution in [0.15, 0.2) is 6.33 Å². The predicted octanol–water partition coefficient (Wildman–Crippen LogP) is 2.00. The first-order valence-electron chi connectivity index (χ1n) is 6.27. The van der Waals surface area contributed by atoms with Gasteiger partial charge in [0.15, 0.2) is 5.82 Å². The fourth-order valence-electron chi connectivity index (χ4n) is 2.47. The predicted molar refractivity (Wildman–Crippen MR) is 68.8 cm³/mol. The van der Waals surface area contributed by atoms with Gasteiger partial charge in [-0.2, -0.15) is 5.10 Å². The van der Waals surface area contributed by atoms with Crippen molar-refractivity contribution < 1.29 is 0 Å². The second-order valence-corrected chi connectivity index (χ2v) is 5.27. The highest BCUT2D eigenvalue weighted by Crippen LogP contribution is 2.31. The van der Waals surface area contributed by atoms with Gasteiger partial charge < -0.3 is 0 Å². The molecule has 0 atom stereocenters. The van der Waals surface area contributed by atoms with Gasteiger partial charge in [0.05, 0.1) is 0 Å². The molecule has 0 saturated carbocycles. The first-order chi connectivity index (χ1) is 8.50. The normalized spacial score (nSPS) is 12.0. The maximum absolute atomic E-state index is 4.61. The summed E-state index contributed by atoms with van der Waals surface area (Å²) in [6.45, 7) is 8.86. The minimum atomic E-state index is 0.388. The molecule has 18 heavy (non-hydrogen) atoms. The van der Waals surface area contributed by atoms with Gasteiger partial charge in [-0.25, -0.2) is 9.97 Å². The van der Waals surface area contributed by atoms with Gasteiger partial charge in [-0.1, -0.05) is 27.7 Å². The lowest BCUT2D eigenvalue weighted by atomic mass is 9.85. The SMILES string of the molecule is CC(C)C(c1nc(-c2ncn[nH]2)nn1C)C(C)C. The van der Waals surface area contributed by atoms with Crippen molar-refractivity contribution >= 4 is 0 Å². The fraction of sp³-hybridized carbons (Fsp3) is 0.667. The Labute approximate surface area is 107 Å². The number of aromatic nitrogens is 6. The molecule has 6 heteroatoms. The highest BCUT2D eigenvalue weighted by Gasteiger charge is 2.25. The zero-order valence-electron chi connectivity index (χ0n) is 11.5. The number of hydrogen-bond acceptors (Lipinski definition) is 4. The van der Waals surface area contributed by atoms with E-state index in [1.165, 1.54) is 6.33 Å². The van der Waals surface area contributed by atoms with Crippen molar-refractivity contribution in [1.29, 1.82) is 0 Å². The van der Waals surface area contributed by atoms with Gasteiger partial charge >= 0.3 is 0 Å². The van der Waals surface area contributed by atoms with Crippen molar-refractivity contribution in [2.24, 2.45) is 18.9 Å². The van der Waals surface area contributed by atoms with Crippen LogP contribution in [0.1, 0.15) is 39.4 Å². The van der Waals surface area contributed by atoms with Gasteiger partial charge in [0.2, 0.25) is 5.82 Å². The number of H-pyrrole nitrogens is 1. The van der Waals surface area contributed by atoms with E-state index in [4.69, 9.17) is 0 Å². The molecular formula is C12H20N6. The third-order valence-electron chi connectivity index (χ3n) is 3.16. The summed E-state index contributed by atoms with van der Waals surface area (Å²) in [5.74, 6) is 3.66. The van der Waals surface area contributed by atoms with E-state index in [1.807, 2.05) is 11.7 Å². The molecule has 0 aliphatic heterocycles. The summed E-state index contributed by atoms with van der Waals surface area (Å²) in [5, 5.41) is 11.0. The fourth-order valence-corrected chi connectivity index (χ4v) is 2.47. The van der Waals surface area contributed by atoms with Crippen molar-refractivity contribution in [3.05, 3.63) is 12.2 Å². The second-order valence-electron chi connectivity index (χ2n) is 5.27. The van der Waals surface area contributed by atoms with Crippen molar-refractivity contribution in [3.8, 4) is 11.6 Å². The molecule has 0 aliphatic rings. The second kappa shape index (κ2) is 4.88.